The van der Waals surface area contributed by atoms with E-state index in [1.165, 1.54) is 23.5 Å². The summed E-state index contributed by atoms with van der Waals surface area (Å²) in [6.07, 6.45) is 0. The zero-order valence-electron chi connectivity index (χ0n) is 16.0. The van der Waals surface area contributed by atoms with Crippen molar-refractivity contribution in [3.8, 4) is 16.9 Å². The molecule has 0 amide bonds. The van der Waals surface area contributed by atoms with E-state index in [0.29, 0.717) is 5.13 Å². The van der Waals surface area contributed by atoms with Gasteiger partial charge < -0.3 is 0 Å². The number of nitro groups is 1. The predicted molar refractivity (Wildman–Crippen MR) is 125 cm³/mol. The zero-order valence-corrected chi connectivity index (χ0v) is 17.6. The van der Waals surface area contributed by atoms with E-state index in [-0.39, 0.29) is 5.69 Å². The lowest BCUT2D eigenvalue weighted by atomic mass is 10.1. The van der Waals surface area contributed by atoms with Crippen LogP contribution < -0.4 is 10.2 Å². The number of anilines is 1. The van der Waals surface area contributed by atoms with Crippen molar-refractivity contribution >= 4 is 43.7 Å². The normalized spacial score (nSPS) is 11.7. The summed E-state index contributed by atoms with van der Waals surface area (Å²) in [5, 5.41) is 18.3. The number of nitro benzene ring substituents is 1. The molecule has 0 atom stereocenters. The summed E-state index contributed by atoms with van der Waals surface area (Å²) < 4.78 is 3.11. The number of benzene rings is 3. The number of fused-ring (bicyclic) bond motifs is 1. The maximum absolute atomic E-state index is 11.0. The Kier molecular flexibility index (Phi) is 5.03. The van der Waals surface area contributed by atoms with Gasteiger partial charge in [-0.05, 0) is 42.0 Å². The molecule has 7 nitrogen and oxygen atoms in total. The lowest BCUT2D eigenvalue weighted by molar-refractivity contribution is -0.384. The average Bonchev–Trinajstić information content (AvgIpc) is 3.42. The molecule has 0 unspecified atom stereocenters. The van der Waals surface area contributed by atoms with Crippen LogP contribution in [0.2, 0.25) is 0 Å². The molecule has 0 saturated heterocycles. The van der Waals surface area contributed by atoms with Crippen molar-refractivity contribution in [3.63, 3.8) is 0 Å². The molecule has 3 aromatic carbocycles. The van der Waals surface area contributed by atoms with Crippen LogP contribution in [0.1, 0.15) is 0 Å². The molecule has 2 aromatic heterocycles. The van der Waals surface area contributed by atoms with Crippen molar-refractivity contribution in [2.75, 3.05) is 5.43 Å². The maximum atomic E-state index is 11.0. The van der Waals surface area contributed by atoms with E-state index in [1.54, 1.807) is 23.5 Å². The van der Waals surface area contributed by atoms with Gasteiger partial charge in [-0.25, -0.2) is 10.4 Å². The fourth-order valence-corrected chi connectivity index (χ4v) is 4.86. The maximum Gasteiger partial charge on any atom is 0.269 e. The minimum absolute atomic E-state index is 0.0626. The Bertz CT molecular complexity index is 1400. The highest BCUT2D eigenvalue weighted by atomic mass is 32.1. The van der Waals surface area contributed by atoms with E-state index in [1.807, 2.05) is 64.5 Å². The topological polar surface area (TPSA) is 85.3 Å². The van der Waals surface area contributed by atoms with Gasteiger partial charge >= 0.3 is 0 Å². The van der Waals surface area contributed by atoms with Gasteiger partial charge in [0.15, 0.2) is 0 Å². The molecular formula is C22H15N5O2S2. The lowest BCUT2D eigenvalue weighted by Crippen LogP contribution is -2.15. The third-order valence-corrected chi connectivity index (χ3v) is 6.40. The first kappa shape index (κ1) is 19.2. The number of nitrogens with one attached hydrogen (secondary N) is 1. The fourth-order valence-electron chi connectivity index (χ4n) is 3.19. The molecule has 0 aliphatic rings. The van der Waals surface area contributed by atoms with Crippen molar-refractivity contribution in [2.45, 2.75) is 0 Å². The van der Waals surface area contributed by atoms with Crippen LogP contribution in [0.3, 0.4) is 0 Å². The van der Waals surface area contributed by atoms with Crippen LogP contribution in [0, 0.1) is 10.1 Å². The van der Waals surface area contributed by atoms with Gasteiger partial charge in [0.2, 0.25) is 9.93 Å². The minimum atomic E-state index is -0.397. The van der Waals surface area contributed by atoms with Crippen LogP contribution in [0.25, 0.3) is 27.2 Å². The van der Waals surface area contributed by atoms with E-state index in [4.69, 9.17) is 0 Å². The fraction of sp³-hybridized carbons (Fsp3) is 0. The summed E-state index contributed by atoms with van der Waals surface area (Å²) in [6.45, 7) is 0. The Hall–Kier alpha value is -3.82. The van der Waals surface area contributed by atoms with Crippen LogP contribution in [0.15, 0.2) is 89.3 Å². The highest BCUT2D eigenvalue weighted by molar-refractivity contribution is 7.22. The Morgan fingerprint density at radius 2 is 1.71 bits per heavy atom. The van der Waals surface area contributed by atoms with E-state index >= 15 is 0 Å². The van der Waals surface area contributed by atoms with E-state index < -0.39 is 4.92 Å². The van der Waals surface area contributed by atoms with Gasteiger partial charge in [-0.2, -0.15) is 0 Å². The summed E-state index contributed by atoms with van der Waals surface area (Å²) in [5.74, 6) is 0. The molecule has 0 aliphatic carbocycles. The smallest absolute Gasteiger partial charge is 0.269 e. The molecular weight excluding hydrogens is 430 g/mol. The minimum Gasteiger partial charge on any atom is -0.284 e. The van der Waals surface area contributed by atoms with Gasteiger partial charge in [0.1, 0.15) is 0 Å². The first-order chi connectivity index (χ1) is 15.2. The summed E-state index contributed by atoms with van der Waals surface area (Å²) in [6, 6.07) is 24.4. The second-order valence-corrected chi connectivity index (χ2v) is 8.46. The standard InChI is InChI=1S/C22H15N5O2S2/c28-27(29)17-12-10-15(11-13-17)19-14-30-22(26(19)16-6-2-1-3-7-16)25-24-21-23-18-8-4-5-9-20(18)31-21/h1-14H,(H,23,24)/b25-22+. The second kappa shape index (κ2) is 8.13. The predicted octanol–water partition coefficient (Wildman–Crippen LogP) is 5.65. The molecule has 0 fully saturated rings. The van der Waals surface area contributed by atoms with Gasteiger partial charge in [-0.1, -0.05) is 41.7 Å². The van der Waals surface area contributed by atoms with Crippen molar-refractivity contribution in [1.82, 2.24) is 9.55 Å². The summed E-state index contributed by atoms with van der Waals surface area (Å²) in [4.78, 5) is 15.9. The first-order valence-electron chi connectivity index (χ1n) is 9.35. The van der Waals surface area contributed by atoms with Gasteiger partial charge in [0.25, 0.3) is 5.69 Å². The van der Waals surface area contributed by atoms with E-state index in [2.05, 4.69) is 15.5 Å². The molecule has 0 aliphatic heterocycles. The lowest BCUT2D eigenvalue weighted by Gasteiger charge is -2.09. The quantitative estimate of drug-likeness (QED) is 0.280. The average molecular weight is 446 g/mol. The highest BCUT2D eigenvalue weighted by Crippen LogP contribution is 2.27. The Morgan fingerprint density at radius 3 is 2.45 bits per heavy atom. The number of nitrogens with zero attached hydrogens (tertiary/aromatic N) is 4. The summed E-state index contributed by atoms with van der Waals surface area (Å²) in [5.41, 5.74) is 6.79. The molecule has 2 heterocycles. The molecule has 0 spiro atoms. The number of hydrogen-bond donors (Lipinski definition) is 1. The third-order valence-electron chi connectivity index (χ3n) is 4.64. The molecule has 0 saturated carbocycles. The van der Waals surface area contributed by atoms with E-state index in [0.717, 1.165) is 32.0 Å². The SMILES string of the molecule is O=[N+]([O-])c1ccc(-c2cs/c(=N/Nc3nc4ccccc4s3)n2-c2ccccc2)cc1. The Balaban J connectivity index is 1.58. The van der Waals surface area contributed by atoms with Gasteiger partial charge in [-0.3, -0.25) is 14.7 Å². The number of non-ortho nitro benzene ring substituents is 1. The van der Waals surface area contributed by atoms with Crippen LogP contribution in [-0.2, 0) is 0 Å². The zero-order chi connectivity index (χ0) is 21.2. The molecule has 0 bridgehead atoms. The second-order valence-electron chi connectivity index (χ2n) is 6.59. The number of aromatic nitrogens is 2. The molecule has 0 radical (unpaired) electrons. The number of hydrogen-bond acceptors (Lipinski definition) is 7. The third kappa shape index (κ3) is 3.83. The summed E-state index contributed by atoms with van der Waals surface area (Å²) >= 11 is 3.02. The van der Waals surface area contributed by atoms with Gasteiger partial charge in [0, 0.05) is 23.2 Å². The number of para-hydroxylation sites is 2. The monoisotopic (exact) mass is 445 g/mol. The molecule has 152 valence electrons. The van der Waals surface area contributed by atoms with Gasteiger partial charge in [0.05, 0.1) is 20.8 Å². The van der Waals surface area contributed by atoms with Crippen molar-refractivity contribution < 1.29 is 4.92 Å². The van der Waals surface area contributed by atoms with Crippen molar-refractivity contribution in [1.29, 1.82) is 0 Å². The summed E-state index contributed by atoms with van der Waals surface area (Å²) in [7, 11) is 0. The molecule has 9 heteroatoms. The molecule has 31 heavy (non-hydrogen) atoms. The van der Waals surface area contributed by atoms with Crippen LogP contribution >= 0.6 is 22.7 Å². The molecule has 5 aromatic rings. The largest absolute Gasteiger partial charge is 0.284 e. The highest BCUT2D eigenvalue weighted by Gasteiger charge is 2.12. The molecule has 5 rings (SSSR count). The van der Waals surface area contributed by atoms with Crippen molar-refractivity contribution in [2.24, 2.45) is 5.10 Å². The first-order valence-corrected chi connectivity index (χ1v) is 11.0. The Labute approximate surface area is 184 Å². The van der Waals surface area contributed by atoms with Gasteiger partial charge in [-0.15, -0.1) is 16.4 Å². The van der Waals surface area contributed by atoms with E-state index in [9.17, 15) is 10.1 Å². The number of thiazole rings is 2. The Morgan fingerprint density at radius 1 is 0.968 bits per heavy atom. The molecule has 1 N–H and O–H groups in total. The van der Waals surface area contributed by atoms with Crippen molar-refractivity contribution in [3.05, 3.63) is 99.2 Å². The van der Waals surface area contributed by atoms with Crippen LogP contribution in [0.5, 0.6) is 0 Å². The van der Waals surface area contributed by atoms with Crippen LogP contribution in [0.4, 0.5) is 10.8 Å². The number of rotatable bonds is 5. The van der Waals surface area contributed by atoms with Crippen LogP contribution in [-0.4, -0.2) is 14.5 Å².